The summed E-state index contributed by atoms with van der Waals surface area (Å²) in [6.07, 6.45) is 3.22. The van der Waals surface area contributed by atoms with Gasteiger partial charge in [-0.15, -0.1) is 0 Å². The van der Waals surface area contributed by atoms with E-state index >= 15 is 0 Å². The van der Waals surface area contributed by atoms with Crippen LogP contribution in [0.5, 0.6) is 5.75 Å². The van der Waals surface area contributed by atoms with Gasteiger partial charge in [-0.3, -0.25) is 0 Å². The highest BCUT2D eigenvalue weighted by Gasteiger charge is 2.24. The van der Waals surface area contributed by atoms with E-state index in [1.165, 1.54) is 11.1 Å². The lowest BCUT2D eigenvalue weighted by Gasteiger charge is -2.30. The van der Waals surface area contributed by atoms with E-state index in [1.807, 2.05) is 0 Å². The molecule has 0 amide bonds. The smallest absolute Gasteiger partial charge is 0.119 e. The Labute approximate surface area is 116 Å². The number of methoxy groups -OCH3 is 2. The minimum Gasteiger partial charge on any atom is -0.497 e. The van der Waals surface area contributed by atoms with E-state index in [9.17, 15) is 0 Å². The zero-order valence-corrected chi connectivity index (χ0v) is 12.5. The first kappa shape index (κ1) is 14.4. The molecule has 0 radical (unpaired) electrons. The van der Waals surface area contributed by atoms with Crippen LogP contribution in [0.3, 0.4) is 0 Å². The van der Waals surface area contributed by atoms with Crippen LogP contribution in [0.4, 0.5) is 0 Å². The molecule has 1 aromatic rings. The van der Waals surface area contributed by atoms with E-state index in [0.29, 0.717) is 6.04 Å². The Kier molecular flexibility index (Phi) is 4.48. The number of rotatable bonds is 5. The maximum absolute atomic E-state index is 5.51. The zero-order chi connectivity index (χ0) is 13.9. The fourth-order valence-electron chi connectivity index (χ4n) is 2.59. The molecule has 1 N–H and O–H groups in total. The van der Waals surface area contributed by atoms with Crippen LogP contribution in [0.2, 0.25) is 0 Å². The second-order valence-corrected chi connectivity index (χ2v) is 5.82. The first-order chi connectivity index (χ1) is 9.05. The largest absolute Gasteiger partial charge is 0.497 e. The standard InChI is InChI=1S/C16H25NO2/c1-16(2,19-4)9-7-15-14-11-13(18-3)6-5-12(14)8-10-17-15/h5-6,11,15,17H,7-10H2,1-4H3. The van der Waals surface area contributed by atoms with Gasteiger partial charge in [-0.1, -0.05) is 6.07 Å². The molecule has 106 valence electrons. The molecule has 1 aliphatic rings. The van der Waals surface area contributed by atoms with E-state index in [4.69, 9.17) is 9.47 Å². The molecule has 0 saturated carbocycles. The van der Waals surface area contributed by atoms with Crippen molar-refractivity contribution in [1.82, 2.24) is 5.32 Å². The Bertz CT molecular complexity index is 429. The summed E-state index contributed by atoms with van der Waals surface area (Å²) in [5, 5.41) is 3.61. The number of hydrogen-bond donors (Lipinski definition) is 1. The summed E-state index contributed by atoms with van der Waals surface area (Å²) in [5.41, 5.74) is 2.77. The lowest BCUT2D eigenvalue weighted by atomic mass is 9.89. The normalized spacial score (nSPS) is 19.1. The predicted molar refractivity (Wildman–Crippen MR) is 77.8 cm³/mol. The first-order valence-electron chi connectivity index (χ1n) is 7.01. The summed E-state index contributed by atoms with van der Waals surface area (Å²) in [7, 11) is 3.51. The third-order valence-electron chi connectivity index (χ3n) is 4.10. The summed E-state index contributed by atoms with van der Waals surface area (Å²) in [6, 6.07) is 6.84. The van der Waals surface area contributed by atoms with Gasteiger partial charge in [0.1, 0.15) is 5.75 Å². The van der Waals surface area contributed by atoms with Gasteiger partial charge in [-0.2, -0.15) is 0 Å². The predicted octanol–water partition coefficient (Wildman–Crippen LogP) is 3.09. The van der Waals surface area contributed by atoms with Crippen LogP contribution < -0.4 is 10.1 Å². The van der Waals surface area contributed by atoms with E-state index in [1.54, 1.807) is 14.2 Å². The topological polar surface area (TPSA) is 30.5 Å². The summed E-state index contributed by atoms with van der Waals surface area (Å²) in [4.78, 5) is 0. The van der Waals surface area contributed by atoms with Crippen molar-refractivity contribution < 1.29 is 9.47 Å². The molecule has 1 unspecified atom stereocenters. The Morgan fingerprint density at radius 1 is 1.32 bits per heavy atom. The maximum atomic E-state index is 5.51. The van der Waals surface area contributed by atoms with Gasteiger partial charge in [-0.25, -0.2) is 0 Å². The summed E-state index contributed by atoms with van der Waals surface area (Å²) < 4.78 is 10.9. The molecule has 0 spiro atoms. The number of hydrogen-bond acceptors (Lipinski definition) is 3. The average Bonchev–Trinajstić information content (AvgIpc) is 2.44. The number of ether oxygens (including phenoxy) is 2. The quantitative estimate of drug-likeness (QED) is 0.885. The Balaban J connectivity index is 2.12. The van der Waals surface area contributed by atoms with Crippen molar-refractivity contribution >= 4 is 0 Å². The van der Waals surface area contributed by atoms with Gasteiger partial charge in [0.05, 0.1) is 12.7 Å². The summed E-state index contributed by atoms with van der Waals surface area (Å²) in [5.74, 6) is 0.943. The van der Waals surface area contributed by atoms with Crippen molar-refractivity contribution in [2.75, 3.05) is 20.8 Å². The summed E-state index contributed by atoms with van der Waals surface area (Å²) >= 11 is 0. The summed E-state index contributed by atoms with van der Waals surface area (Å²) in [6.45, 7) is 5.34. The Hall–Kier alpha value is -1.06. The van der Waals surface area contributed by atoms with Gasteiger partial charge in [0.15, 0.2) is 0 Å². The molecule has 0 saturated heterocycles. The molecule has 3 nitrogen and oxygen atoms in total. The highest BCUT2D eigenvalue weighted by Crippen LogP contribution is 2.31. The number of benzene rings is 1. The SMILES string of the molecule is COc1ccc2c(c1)C(CCC(C)(C)OC)NCC2. The molecule has 1 heterocycles. The van der Waals surface area contributed by atoms with Crippen LogP contribution in [-0.2, 0) is 11.2 Å². The van der Waals surface area contributed by atoms with Gasteiger partial charge in [0.25, 0.3) is 0 Å². The van der Waals surface area contributed by atoms with Gasteiger partial charge in [-0.05, 0) is 62.9 Å². The van der Waals surface area contributed by atoms with Crippen molar-refractivity contribution in [2.24, 2.45) is 0 Å². The molecule has 1 aromatic carbocycles. The highest BCUT2D eigenvalue weighted by atomic mass is 16.5. The van der Waals surface area contributed by atoms with E-state index in [2.05, 4.69) is 37.4 Å². The molecule has 3 heteroatoms. The highest BCUT2D eigenvalue weighted by molar-refractivity contribution is 5.39. The van der Waals surface area contributed by atoms with Crippen molar-refractivity contribution in [2.45, 2.75) is 44.8 Å². The Morgan fingerprint density at radius 2 is 2.11 bits per heavy atom. The van der Waals surface area contributed by atoms with Gasteiger partial charge in [0, 0.05) is 13.2 Å². The van der Waals surface area contributed by atoms with Crippen LogP contribution >= 0.6 is 0 Å². The molecule has 0 bridgehead atoms. The van der Waals surface area contributed by atoms with Crippen LogP contribution in [0.25, 0.3) is 0 Å². The van der Waals surface area contributed by atoms with Crippen LogP contribution in [0.15, 0.2) is 18.2 Å². The molecular weight excluding hydrogens is 238 g/mol. The molecule has 2 rings (SSSR count). The first-order valence-corrected chi connectivity index (χ1v) is 7.01. The lowest BCUT2D eigenvalue weighted by Crippen LogP contribution is -2.32. The third-order valence-corrected chi connectivity index (χ3v) is 4.10. The minimum atomic E-state index is -0.0574. The van der Waals surface area contributed by atoms with E-state index in [-0.39, 0.29) is 5.60 Å². The molecule has 1 aliphatic heterocycles. The van der Waals surface area contributed by atoms with Crippen LogP contribution in [-0.4, -0.2) is 26.4 Å². The van der Waals surface area contributed by atoms with Crippen LogP contribution in [0.1, 0.15) is 43.9 Å². The number of fused-ring (bicyclic) bond motifs is 1. The van der Waals surface area contributed by atoms with E-state index < -0.39 is 0 Å². The van der Waals surface area contributed by atoms with Crippen molar-refractivity contribution in [3.8, 4) is 5.75 Å². The monoisotopic (exact) mass is 263 g/mol. The molecule has 19 heavy (non-hydrogen) atoms. The molecule has 0 aliphatic carbocycles. The average molecular weight is 263 g/mol. The fourth-order valence-corrected chi connectivity index (χ4v) is 2.59. The lowest BCUT2D eigenvalue weighted by molar-refractivity contribution is 0.0115. The van der Waals surface area contributed by atoms with Crippen molar-refractivity contribution in [3.05, 3.63) is 29.3 Å². The maximum Gasteiger partial charge on any atom is 0.119 e. The third kappa shape index (κ3) is 3.48. The zero-order valence-electron chi connectivity index (χ0n) is 12.5. The van der Waals surface area contributed by atoms with Gasteiger partial charge in [0.2, 0.25) is 0 Å². The van der Waals surface area contributed by atoms with Crippen molar-refractivity contribution in [1.29, 1.82) is 0 Å². The number of nitrogens with one attached hydrogen (secondary N) is 1. The molecule has 0 aromatic heterocycles. The second-order valence-electron chi connectivity index (χ2n) is 5.82. The van der Waals surface area contributed by atoms with Crippen LogP contribution in [0, 0.1) is 0 Å². The Morgan fingerprint density at radius 3 is 2.79 bits per heavy atom. The molecule has 1 atom stereocenters. The molecular formula is C16H25NO2. The molecule has 0 fully saturated rings. The fraction of sp³-hybridized carbons (Fsp3) is 0.625. The van der Waals surface area contributed by atoms with E-state index in [0.717, 1.165) is 31.6 Å². The van der Waals surface area contributed by atoms with Gasteiger partial charge < -0.3 is 14.8 Å². The second kappa shape index (κ2) is 5.93. The minimum absolute atomic E-state index is 0.0574. The van der Waals surface area contributed by atoms with Crippen molar-refractivity contribution in [3.63, 3.8) is 0 Å². The van der Waals surface area contributed by atoms with Gasteiger partial charge >= 0.3 is 0 Å².